The van der Waals surface area contributed by atoms with Crippen molar-refractivity contribution in [2.75, 3.05) is 6.61 Å². The Bertz CT molecular complexity index is 209. The summed E-state index contributed by atoms with van der Waals surface area (Å²) in [4.78, 5) is 8.53. The summed E-state index contributed by atoms with van der Waals surface area (Å²) in [5.74, 6) is 5.91. The molecule has 0 spiro atoms. The fourth-order valence-electron chi connectivity index (χ4n) is 0.958. The molecule has 0 radical (unpaired) electrons. The SMILES string of the molecule is Cc1nccn1CCCON. The molecule has 2 N–H and O–H groups in total. The van der Waals surface area contributed by atoms with E-state index in [9.17, 15) is 0 Å². The van der Waals surface area contributed by atoms with Crippen LogP contribution in [0, 0.1) is 6.92 Å². The highest BCUT2D eigenvalue weighted by Gasteiger charge is 1.94. The van der Waals surface area contributed by atoms with E-state index >= 15 is 0 Å². The minimum absolute atomic E-state index is 0.595. The lowest BCUT2D eigenvalue weighted by molar-refractivity contribution is 0.132. The van der Waals surface area contributed by atoms with Gasteiger partial charge in [-0.05, 0) is 13.3 Å². The first kappa shape index (κ1) is 8.23. The summed E-state index contributed by atoms with van der Waals surface area (Å²) in [6, 6.07) is 0. The van der Waals surface area contributed by atoms with Crippen LogP contribution in [-0.4, -0.2) is 16.2 Å². The van der Waals surface area contributed by atoms with Crippen LogP contribution in [0.2, 0.25) is 0 Å². The van der Waals surface area contributed by atoms with Gasteiger partial charge in [-0.15, -0.1) is 0 Å². The van der Waals surface area contributed by atoms with E-state index in [4.69, 9.17) is 5.90 Å². The van der Waals surface area contributed by atoms with Crippen molar-refractivity contribution in [2.45, 2.75) is 19.9 Å². The van der Waals surface area contributed by atoms with Crippen LogP contribution in [0.1, 0.15) is 12.2 Å². The van der Waals surface area contributed by atoms with Crippen molar-refractivity contribution >= 4 is 0 Å². The molecule has 4 heteroatoms. The molecule has 0 aliphatic heterocycles. The molecule has 11 heavy (non-hydrogen) atoms. The lowest BCUT2D eigenvalue weighted by Crippen LogP contribution is -2.06. The zero-order valence-corrected chi connectivity index (χ0v) is 6.66. The second-order valence-corrected chi connectivity index (χ2v) is 2.39. The molecule has 4 nitrogen and oxygen atoms in total. The molecule has 0 aromatic carbocycles. The molecule has 0 fully saturated rings. The molecule has 0 aliphatic rings. The van der Waals surface area contributed by atoms with Crippen molar-refractivity contribution in [2.24, 2.45) is 5.90 Å². The van der Waals surface area contributed by atoms with Gasteiger partial charge in [0, 0.05) is 18.9 Å². The summed E-state index contributed by atoms with van der Waals surface area (Å²) < 4.78 is 2.07. The van der Waals surface area contributed by atoms with Gasteiger partial charge >= 0.3 is 0 Å². The number of nitrogens with two attached hydrogens (primary N) is 1. The number of aromatic nitrogens is 2. The van der Waals surface area contributed by atoms with E-state index in [-0.39, 0.29) is 0 Å². The van der Waals surface area contributed by atoms with Gasteiger partial charge < -0.3 is 9.40 Å². The fraction of sp³-hybridized carbons (Fsp3) is 0.571. The molecule has 1 aromatic heterocycles. The maximum atomic E-state index is 4.88. The van der Waals surface area contributed by atoms with E-state index < -0.39 is 0 Å². The van der Waals surface area contributed by atoms with Gasteiger partial charge in [0.15, 0.2) is 0 Å². The first-order valence-corrected chi connectivity index (χ1v) is 3.64. The topological polar surface area (TPSA) is 53.1 Å². The van der Waals surface area contributed by atoms with E-state index in [1.54, 1.807) is 6.20 Å². The van der Waals surface area contributed by atoms with Crippen LogP contribution in [-0.2, 0) is 11.4 Å². The smallest absolute Gasteiger partial charge is 0.105 e. The molecule has 0 unspecified atom stereocenters. The first-order chi connectivity index (χ1) is 5.34. The summed E-state index contributed by atoms with van der Waals surface area (Å²) in [6.45, 7) is 3.49. The number of hydrogen-bond acceptors (Lipinski definition) is 3. The van der Waals surface area contributed by atoms with Crippen LogP contribution in [0.5, 0.6) is 0 Å². The standard InChI is InChI=1S/C7H13N3O/c1-7-9-3-5-10(7)4-2-6-11-8/h3,5H,2,4,6,8H2,1H3. The van der Waals surface area contributed by atoms with E-state index in [1.165, 1.54) is 0 Å². The van der Waals surface area contributed by atoms with Gasteiger partial charge in [0.1, 0.15) is 5.82 Å². The van der Waals surface area contributed by atoms with Gasteiger partial charge in [0.05, 0.1) is 6.61 Å². The molecular weight excluding hydrogens is 142 g/mol. The Morgan fingerprint density at radius 3 is 3.09 bits per heavy atom. The highest BCUT2D eigenvalue weighted by Crippen LogP contribution is 1.96. The highest BCUT2D eigenvalue weighted by atomic mass is 16.6. The number of aryl methyl sites for hydroxylation is 2. The molecule has 0 saturated heterocycles. The fourth-order valence-corrected chi connectivity index (χ4v) is 0.958. The van der Waals surface area contributed by atoms with Gasteiger partial charge in [0.2, 0.25) is 0 Å². The minimum atomic E-state index is 0.595. The zero-order chi connectivity index (χ0) is 8.10. The zero-order valence-electron chi connectivity index (χ0n) is 6.66. The Hall–Kier alpha value is -0.870. The molecule has 1 rings (SSSR count). The van der Waals surface area contributed by atoms with Crippen molar-refractivity contribution in [3.8, 4) is 0 Å². The van der Waals surface area contributed by atoms with Crippen molar-refractivity contribution in [1.29, 1.82) is 0 Å². The molecular formula is C7H13N3O. The number of nitrogens with zero attached hydrogens (tertiary/aromatic N) is 2. The monoisotopic (exact) mass is 155 g/mol. The number of imidazole rings is 1. The summed E-state index contributed by atoms with van der Waals surface area (Å²) in [6.07, 6.45) is 4.66. The summed E-state index contributed by atoms with van der Waals surface area (Å²) in [5, 5.41) is 0. The maximum absolute atomic E-state index is 4.88. The highest BCUT2D eigenvalue weighted by molar-refractivity contribution is 4.87. The van der Waals surface area contributed by atoms with Gasteiger partial charge in [-0.2, -0.15) is 0 Å². The minimum Gasteiger partial charge on any atom is -0.335 e. The van der Waals surface area contributed by atoms with E-state index in [0.717, 1.165) is 18.8 Å². The third kappa shape index (κ3) is 2.32. The molecule has 62 valence electrons. The maximum Gasteiger partial charge on any atom is 0.105 e. The molecule has 1 heterocycles. The Morgan fingerprint density at radius 1 is 1.73 bits per heavy atom. The predicted octanol–water partition coefficient (Wildman–Crippen LogP) is 0.472. The summed E-state index contributed by atoms with van der Waals surface area (Å²) >= 11 is 0. The second-order valence-electron chi connectivity index (χ2n) is 2.39. The normalized spacial score (nSPS) is 10.4. The van der Waals surface area contributed by atoms with Crippen LogP contribution in [0.4, 0.5) is 0 Å². The Kier molecular flexibility index (Phi) is 3.07. The average Bonchev–Trinajstić information content (AvgIpc) is 2.37. The van der Waals surface area contributed by atoms with Crippen LogP contribution in [0.15, 0.2) is 12.4 Å². The van der Waals surface area contributed by atoms with Crippen molar-refractivity contribution in [1.82, 2.24) is 9.55 Å². The first-order valence-electron chi connectivity index (χ1n) is 3.64. The molecule has 0 amide bonds. The number of rotatable bonds is 4. The number of hydrogen-bond donors (Lipinski definition) is 1. The van der Waals surface area contributed by atoms with Crippen LogP contribution in [0.25, 0.3) is 0 Å². The van der Waals surface area contributed by atoms with Crippen LogP contribution >= 0.6 is 0 Å². The lowest BCUT2D eigenvalue weighted by atomic mass is 10.4. The summed E-state index contributed by atoms with van der Waals surface area (Å²) in [7, 11) is 0. The van der Waals surface area contributed by atoms with Crippen LogP contribution in [0.3, 0.4) is 0 Å². The quantitative estimate of drug-likeness (QED) is 0.508. The Balaban J connectivity index is 2.32. The van der Waals surface area contributed by atoms with E-state index in [2.05, 4.69) is 14.4 Å². The second kappa shape index (κ2) is 4.10. The molecule has 0 saturated carbocycles. The van der Waals surface area contributed by atoms with E-state index in [0.29, 0.717) is 6.61 Å². The Morgan fingerprint density at radius 2 is 2.55 bits per heavy atom. The lowest BCUT2D eigenvalue weighted by Gasteiger charge is -2.02. The van der Waals surface area contributed by atoms with Gasteiger partial charge in [-0.25, -0.2) is 10.9 Å². The third-order valence-corrected chi connectivity index (χ3v) is 1.58. The summed E-state index contributed by atoms with van der Waals surface area (Å²) in [5.41, 5.74) is 0. The molecule has 1 aromatic rings. The Labute approximate surface area is 65.9 Å². The van der Waals surface area contributed by atoms with Crippen LogP contribution < -0.4 is 5.90 Å². The molecule has 0 bridgehead atoms. The van der Waals surface area contributed by atoms with Gasteiger partial charge in [-0.1, -0.05) is 0 Å². The van der Waals surface area contributed by atoms with Gasteiger partial charge in [-0.3, -0.25) is 0 Å². The van der Waals surface area contributed by atoms with Crippen molar-refractivity contribution in [3.05, 3.63) is 18.2 Å². The largest absolute Gasteiger partial charge is 0.335 e. The molecule has 0 aliphatic carbocycles. The molecule has 0 atom stereocenters. The third-order valence-electron chi connectivity index (χ3n) is 1.58. The predicted molar refractivity (Wildman–Crippen MR) is 41.7 cm³/mol. The van der Waals surface area contributed by atoms with Crippen molar-refractivity contribution in [3.63, 3.8) is 0 Å². The van der Waals surface area contributed by atoms with Gasteiger partial charge in [0.25, 0.3) is 0 Å². The van der Waals surface area contributed by atoms with Crippen molar-refractivity contribution < 1.29 is 4.84 Å². The van der Waals surface area contributed by atoms with E-state index in [1.807, 2.05) is 13.1 Å². The average molecular weight is 155 g/mol.